The number of nitrogens with one attached hydrogen (secondary N) is 1. The number of anilines is 1. The van der Waals surface area contributed by atoms with Gasteiger partial charge in [-0.25, -0.2) is 9.18 Å². The van der Waals surface area contributed by atoms with Crippen molar-refractivity contribution in [2.75, 3.05) is 18.4 Å². The first-order valence-corrected chi connectivity index (χ1v) is 6.81. The van der Waals surface area contributed by atoms with E-state index in [1.54, 1.807) is 4.90 Å². The van der Waals surface area contributed by atoms with Crippen LogP contribution in [-0.4, -0.2) is 42.8 Å². The Balaban J connectivity index is 2.01. The highest BCUT2D eigenvalue weighted by atomic mass is 19.3. The summed E-state index contributed by atoms with van der Waals surface area (Å²) in [7, 11) is 0. The summed E-state index contributed by atoms with van der Waals surface area (Å²) in [6.45, 7) is 1.44. The number of rotatable bonds is 3. The van der Waals surface area contributed by atoms with Crippen molar-refractivity contribution in [3.8, 4) is 5.75 Å². The van der Waals surface area contributed by atoms with E-state index in [9.17, 15) is 18.0 Å². The fourth-order valence-electron chi connectivity index (χ4n) is 2.32. The highest BCUT2D eigenvalue weighted by molar-refractivity contribution is 5.89. The molecule has 0 radical (unpaired) electrons. The molecule has 122 valence electrons. The van der Waals surface area contributed by atoms with E-state index < -0.39 is 24.2 Å². The van der Waals surface area contributed by atoms with Gasteiger partial charge in [-0.15, -0.1) is 0 Å². The molecule has 0 bridgehead atoms. The first-order valence-electron chi connectivity index (χ1n) is 6.81. The van der Waals surface area contributed by atoms with E-state index >= 15 is 0 Å². The van der Waals surface area contributed by atoms with Crippen molar-refractivity contribution in [2.24, 2.45) is 0 Å². The molecule has 1 heterocycles. The minimum atomic E-state index is -3.11. The standard InChI is InChI=1S/C14H17F3N2O3/c1-8-6-19(7-9(2)21-8)14(20)18-10-3-4-12(11(15)5-10)22-13(16)17/h3-5,8-9,13H,6-7H2,1-2H3,(H,18,20). The molecule has 2 amide bonds. The molecular formula is C14H17F3N2O3. The number of halogens is 3. The number of carbonyl (C=O) groups excluding carboxylic acids is 1. The molecule has 1 N–H and O–H groups in total. The number of hydrogen-bond acceptors (Lipinski definition) is 3. The van der Waals surface area contributed by atoms with Crippen molar-refractivity contribution in [1.29, 1.82) is 0 Å². The molecule has 1 saturated heterocycles. The summed E-state index contributed by atoms with van der Waals surface area (Å²) in [6, 6.07) is 2.88. The van der Waals surface area contributed by atoms with Gasteiger partial charge in [0.05, 0.1) is 12.2 Å². The second kappa shape index (κ2) is 6.87. The zero-order valence-electron chi connectivity index (χ0n) is 12.2. The lowest BCUT2D eigenvalue weighted by Gasteiger charge is -2.35. The first-order chi connectivity index (χ1) is 10.3. The molecule has 8 heteroatoms. The van der Waals surface area contributed by atoms with Crippen LogP contribution in [0.15, 0.2) is 18.2 Å². The lowest BCUT2D eigenvalue weighted by atomic mass is 10.2. The number of benzene rings is 1. The van der Waals surface area contributed by atoms with E-state index in [0.29, 0.717) is 13.1 Å². The topological polar surface area (TPSA) is 50.8 Å². The first kappa shape index (κ1) is 16.4. The van der Waals surface area contributed by atoms with Crippen LogP contribution in [0.3, 0.4) is 0 Å². The van der Waals surface area contributed by atoms with Gasteiger partial charge in [0.25, 0.3) is 0 Å². The quantitative estimate of drug-likeness (QED) is 0.932. The van der Waals surface area contributed by atoms with E-state index in [1.807, 2.05) is 13.8 Å². The van der Waals surface area contributed by atoms with Crippen molar-refractivity contribution in [3.05, 3.63) is 24.0 Å². The molecule has 0 spiro atoms. The van der Waals surface area contributed by atoms with Crippen LogP contribution in [0.2, 0.25) is 0 Å². The number of carbonyl (C=O) groups is 1. The predicted octanol–water partition coefficient (Wildman–Crippen LogP) is 3.07. The fourth-order valence-corrected chi connectivity index (χ4v) is 2.32. The number of morpholine rings is 1. The van der Waals surface area contributed by atoms with Crippen molar-refractivity contribution in [3.63, 3.8) is 0 Å². The van der Waals surface area contributed by atoms with Gasteiger partial charge >= 0.3 is 12.6 Å². The molecule has 1 aromatic rings. The van der Waals surface area contributed by atoms with Crippen LogP contribution >= 0.6 is 0 Å². The molecule has 2 unspecified atom stereocenters. The molecule has 22 heavy (non-hydrogen) atoms. The summed E-state index contributed by atoms with van der Waals surface area (Å²) in [6.07, 6.45) is -0.180. The Hall–Kier alpha value is -1.96. The maximum absolute atomic E-state index is 13.6. The summed E-state index contributed by atoms with van der Waals surface area (Å²) in [4.78, 5) is 13.7. The average molecular weight is 318 g/mol. The smallest absolute Gasteiger partial charge is 0.387 e. The predicted molar refractivity (Wildman–Crippen MR) is 73.6 cm³/mol. The zero-order valence-corrected chi connectivity index (χ0v) is 12.2. The van der Waals surface area contributed by atoms with E-state index in [4.69, 9.17) is 4.74 Å². The Morgan fingerprint density at radius 1 is 1.36 bits per heavy atom. The lowest BCUT2D eigenvalue weighted by molar-refractivity contribution is -0.0530. The lowest BCUT2D eigenvalue weighted by Crippen LogP contribution is -2.49. The van der Waals surface area contributed by atoms with Crippen LogP contribution in [0, 0.1) is 5.82 Å². The van der Waals surface area contributed by atoms with E-state index in [1.165, 1.54) is 6.07 Å². The third-order valence-electron chi connectivity index (χ3n) is 3.11. The third-order valence-corrected chi connectivity index (χ3v) is 3.11. The van der Waals surface area contributed by atoms with Crippen molar-refractivity contribution >= 4 is 11.7 Å². The van der Waals surface area contributed by atoms with Crippen molar-refractivity contribution in [2.45, 2.75) is 32.7 Å². The molecule has 0 saturated carbocycles. The van der Waals surface area contributed by atoms with Gasteiger partial charge < -0.3 is 19.7 Å². The van der Waals surface area contributed by atoms with Crippen molar-refractivity contribution in [1.82, 2.24) is 4.90 Å². The SMILES string of the molecule is CC1CN(C(=O)Nc2ccc(OC(F)F)c(F)c2)CC(C)O1. The van der Waals surface area contributed by atoms with Crippen LogP contribution in [0.25, 0.3) is 0 Å². The van der Waals surface area contributed by atoms with E-state index in [2.05, 4.69) is 10.1 Å². The van der Waals surface area contributed by atoms with Gasteiger partial charge in [-0.3, -0.25) is 0 Å². The average Bonchev–Trinajstić information content (AvgIpc) is 2.40. The Morgan fingerprint density at radius 3 is 2.55 bits per heavy atom. The molecule has 1 aliphatic rings. The molecule has 0 aliphatic carbocycles. The molecule has 2 rings (SSSR count). The van der Waals surface area contributed by atoms with E-state index in [0.717, 1.165) is 12.1 Å². The van der Waals surface area contributed by atoms with E-state index in [-0.39, 0.29) is 17.9 Å². The summed E-state index contributed by atoms with van der Waals surface area (Å²) in [5, 5.41) is 2.52. The minimum Gasteiger partial charge on any atom is -0.432 e. The molecule has 0 aromatic heterocycles. The highest BCUT2D eigenvalue weighted by Gasteiger charge is 2.26. The van der Waals surface area contributed by atoms with Gasteiger partial charge in [0.2, 0.25) is 0 Å². The van der Waals surface area contributed by atoms with Crippen LogP contribution in [0.4, 0.5) is 23.7 Å². The van der Waals surface area contributed by atoms with Gasteiger partial charge in [0, 0.05) is 24.8 Å². The Labute approximate surface area is 126 Å². The number of amides is 2. The number of urea groups is 1. The minimum absolute atomic E-state index is 0.0898. The molecule has 5 nitrogen and oxygen atoms in total. The third kappa shape index (κ3) is 4.27. The summed E-state index contributed by atoms with van der Waals surface area (Å²) < 4.78 is 47.2. The van der Waals surface area contributed by atoms with Gasteiger partial charge in [-0.2, -0.15) is 8.78 Å². The summed E-state index contributed by atoms with van der Waals surface area (Å²) in [5.74, 6) is -1.54. The number of alkyl halides is 2. The van der Waals surface area contributed by atoms with Crippen LogP contribution in [-0.2, 0) is 4.74 Å². The molecule has 1 aliphatic heterocycles. The number of nitrogens with zero attached hydrogens (tertiary/aromatic N) is 1. The highest BCUT2D eigenvalue weighted by Crippen LogP contribution is 2.23. The Kier molecular flexibility index (Phi) is 5.12. The van der Waals surface area contributed by atoms with Crippen LogP contribution < -0.4 is 10.1 Å². The van der Waals surface area contributed by atoms with Crippen LogP contribution in [0.1, 0.15) is 13.8 Å². The normalized spacial score (nSPS) is 21.8. The molecule has 2 atom stereocenters. The van der Waals surface area contributed by atoms with Gasteiger partial charge in [0.1, 0.15) is 0 Å². The van der Waals surface area contributed by atoms with Gasteiger partial charge in [-0.05, 0) is 26.0 Å². The number of hydrogen-bond donors (Lipinski definition) is 1. The summed E-state index contributed by atoms with van der Waals surface area (Å²) >= 11 is 0. The fraction of sp³-hybridized carbons (Fsp3) is 0.500. The van der Waals surface area contributed by atoms with Gasteiger partial charge in [0.15, 0.2) is 11.6 Å². The second-order valence-electron chi connectivity index (χ2n) is 5.12. The maximum Gasteiger partial charge on any atom is 0.387 e. The molecule has 1 fully saturated rings. The molecule has 1 aromatic carbocycles. The zero-order chi connectivity index (χ0) is 16.3. The monoisotopic (exact) mass is 318 g/mol. The second-order valence-corrected chi connectivity index (χ2v) is 5.12. The number of ether oxygens (including phenoxy) is 2. The maximum atomic E-state index is 13.6. The van der Waals surface area contributed by atoms with Crippen molar-refractivity contribution < 1.29 is 27.4 Å². The van der Waals surface area contributed by atoms with Gasteiger partial charge in [-0.1, -0.05) is 0 Å². The molecular weight excluding hydrogens is 301 g/mol. The summed E-state index contributed by atoms with van der Waals surface area (Å²) in [5.41, 5.74) is 0.163. The largest absolute Gasteiger partial charge is 0.432 e. The Bertz CT molecular complexity index is 532. The van der Waals surface area contributed by atoms with Crippen LogP contribution in [0.5, 0.6) is 5.75 Å². The Morgan fingerprint density at radius 2 is 2.00 bits per heavy atom.